The van der Waals surface area contributed by atoms with Crippen molar-refractivity contribution in [1.29, 1.82) is 0 Å². The predicted molar refractivity (Wildman–Crippen MR) is 75.7 cm³/mol. The summed E-state index contributed by atoms with van der Waals surface area (Å²) in [5, 5.41) is 0.0605. The lowest BCUT2D eigenvalue weighted by Crippen LogP contribution is -2.36. The van der Waals surface area contributed by atoms with Crippen molar-refractivity contribution in [2.24, 2.45) is 0 Å². The molecule has 0 N–H and O–H groups in total. The molecule has 0 aliphatic carbocycles. The Morgan fingerprint density at radius 2 is 2.00 bits per heavy atom. The van der Waals surface area contributed by atoms with Crippen LogP contribution in [-0.2, 0) is 4.79 Å². The highest BCUT2D eigenvalue weighted by Crippen LogP contribution is 2.23. The second-order valence-electron chi connectivity index (χ2n) is 4.16. The maximum absolute atomic E-state index is 12.5. The Morgan fingerprint density at radius 1 is 1.25 bits per heavy atom. The van der Waals surface area contributed by atoms with Crippen LogP contribution in [0.15, 0.2) is 36.8 Å². The number of carbonyl (C=O) groups excluding carboxylic acids is 2. The van der Waals surface area contributed by atoms with Gasteiger partial charge in [-0.05, 0) is 30.7 Å². The first-order valence-electron chi connectivity index (χ1n) is 5.88. The molecule has 0 atom stereocenters. The van der Waals surface area contributed by atoms with Crippen molar-refractivity contribution in [3.63, 3.8) is 0 Å². The van der Waals surface area contributed by atoms with Crippen molar-refractivity contribution < 1.29 is 9.59 Å². The van der Waals surface area contributed by atoms with Gasteiger partial charge in [-0.3, -0.25) is 14.6 Å². The molecule has 0 aliphatic heterocycles. The minimum absolute atomic E-state index is 0.0605. The number of imide groups is 1. The maximum atomic E-state index is 12.5. The van der Waals surface area contributed by atoms with E-state index in [-0.39, 0.29) is 10.7 Å². The van der Waals surface area contributed by atoms with Crippen LogP contribution in [-0.4, -0.2) is 21.8 Å². The molecule has 0 aromatic carbocycles. The van der Waals surface area contributed by atoms with Gasteiger partial charge in [-0.25, -0.2) is 9.88 Å². The highest BCUT2D eigenvalue weighted by Gasteiger charge is 2.25. The molecule has 2 aromatic rings. The van der Waals surface area contributed by atoms with E-state index in [1.807, 2.05) is 0 Å². The molecule has 2 amide bonds. The van der Waals surface area contributed by atoms with Gasteiger partial charge in [0.15, 0.2) is 0 Å². The van der Waals surface area contributed by atoms with Gasteiger partial charge in [0.25, 0.3) is 5.91 Å². The molecule has 0 saturated carbocycles. The number of pyridine rings is 2. The van der Waals surface area contributed by atoms with Gasteiger partial charge in [-0.1, -0.05) is 11.6 Å². The summed E-state index contributed by atoms with van der Waals surface area (Å²) in [6, 6.07) is 4.84. The number of rotatable bonds is 2. The lowest BCUT2D eigenvalue weighted by Gasteiger charge is -2.20. The van der Waals surface area contributed by atoms with Gasteiger partial charge in [0.2, 0.25) is 5.91 Å². The molecule has 102 valence electrons. The van der Waals surface area contributed by atoms with Crippen molar-refractivity contribution in [1.82, 2.24) is 9.97 Å². The van der Waals surface area contributed by atoms with Gasteiger partial charge in [-0.2, -0.15) is 0 Å². The minimum atomic E-state index is -0.522. The van der Waals surface area contributed by atoms with Crippen molar-refractivity contribution in [2.75, 3.05) is 4.90 Å². The van der Waals surface area contributed by atoms with Crippen LogP contribution in [0, 0.1) is 6.92 Å². The van der Waals surface area contributed by atoms with E-state index in [0.717, 1.165) is 10.5 Å². The first kappa shape index (κ1) is 14.1. The SMILES string of the molecule is CC(=O)N(C(=O)c1cccnc1Cl)c1cnccc1C. The monoisotopic (exact) mass is 289 g/mol. The standard InChI is InChI=1S/C14H12ClN3O2/c1-9-5-7-16-8-12(9)18(10(2)19)14(20)11-4-3-6-17-13(11)15/h3-8H,1-2H3. The topological polar surface area (TPSA) is 63.2 Å². The van der Waals surface area contributed by atoms with E-state index in [0.29, 0.717) is 5.69 Å². The molecule has 2 aromatic heterocycles. The number of hydrogen-bond donors (Lipinski definition) is 0. The van der Waals surface area contributed by atoms with Crippen LogP contribution in [0.3, 0.4) is 0 Å². The smallest absolute Gasteiger partial charge is 0.268 e. The molecular weight excluding hydrogens is 278 g/mol. The molecular formula is C14H12ClN3O2. The summed E-state index contributed by atoms with van der Waals surface area (Å²) in [7, 11) is 0. The number of aromatic nitrogens is 2. The van der Waals surface area contributed by atoms with Gasteiger partial charge >= 0.3 is 0 Å². The normalized spacial score (nSPS) is 10.2. The predicted octanol–water partition coefficient (Wildman–Crippen LogP) is 2.63. The van der Waals surface area contributed by atoms with Crippen LogP contribution in [0.5, 0.6) is 0 Å². The van der Waals surface area contributed by atoms with E-state index in [2.05, 4.69) is 9.97 Å². The Labute approximate surface area is 121 Å². The highest BCUT2D eigenvalue weighted by atomic mass is 35.5. The van der Waals surface area contributed by atoms with Crippen molar-refractivity contribution >= 4 is 29.1 Å². The van der Waals surface area contributed by atoms with Gasteiger partial charge in [0.1, 0.15) is 5.15 Å². The third-order valence-electron chi connectivity index (χ3n) is 2.76. The number of aryl methyl sites for hydroxylation is 1. The molecule has 0 bridgehead atoms. The maximum Gasteiger partial charge on any atom is 0.268 e. The Hall–Kier alpha value is -2.27. The number of amides is 2. The van der Waals surface area contributed by atoms with Crippen LogP contribution < -0.4 is 4.90 Å². The summed E-state index contributed by atoms with van der Waals surface area (Å²) < 4.78 is 0. The van der Waals surface area contributed by atoms with Crippen LogP contribution in [0.1, 0.15) is 22.8 Å². The van der Waals surface area contributed by atoms with E-state index >= 15 is 0 Å². The molecule has 2 heterocycles. The summed E-state index contributed by atoms with van der Waals surface area (Å²) in [6.07, 6.45) is 4.55. The summed E-state index contributed by atoms with van der Waals surface area (Å²) >= 11 is 5.91. The molecule has 0 radical (unpaired) electrons. The number of halogens is 1. The van der Waals surface area contributed by atoms with E-state index in [1.165, 1.54) is 25.4 Å². The average molecular weight is 290 g/mol. The third kappa shape index (κ3) is 2.67. The molecule has 0 fully saturated rings. The molecule has 0 unspecified atom stereocenters. The minimum Gasteiger partial charge on any atom is -0.274 e. The van der Waals surface area contributed by atoms with E-state index < -0.39 is 11.8 Å². The fourth-order valence-electron chi connectivity index (χ4n) is 1.78. The zero-order valence-corrected chi connectivity index (χ0v) is 11.8. The van der Waals surface area contributed by atoms with Crippen molar-refractivity contribution in [3.8, 4) is 0 Å². The first-order valence-corrected chi connectivity index (χ1v) is 6.26. The fourth-order valence-corrected chi connectivity index (χ4v) is 1.98. The summed E-state index contributed by atoms with van der Waals surface area (Å²) in [5.41, 5.74) is 1.38. The Balaban J connectivity index is 2.51. The summed E-state index contributed by atoms with van der Waals surface area (Å²) in [6.45, 7) is 3.11. The zero-order valence-electron chi connectivity index (χ0n) is 11.0. The first-order chi connectivity index (χ1) is 9.52. The van der Waals surface area contributed by atoms with Gasteiger partial charge in [-0.15, -0.1) is 0 Å². The molecule has 5 nitrogen and oxygen atoms in total. The van der Waals surface area contributed by atoms with Crippen LogP contribution in [0.2, 0.25) is 5.15 Å². The fraction of sp³-hybridized carbons (Fsp3) is 0.143. The molecule has 0 saturated heterocycles. The van der Waals surface area contributed by atoms with Gasteiger partial charge < -0.3 is 0 Å². The number of anilines is 1. The second kappa shape index (κ2) is 5.79. The molecule has 0 spiro atoms. The molecule has 20 heavy (non-hydrogen) atoms. The highest BCUT2D eigenvalue weighted by molar-refractivity contribution is 6.34. The lowest BCUT2D eigenvalue weighted by molar-refractivity contribution is -0.115. The molecule has 6 heteroatoms. The van der Waals surface area contributed by atoms with E-state index in [4.69, 9.17) is 11.6 Å². The second-order valence-corrected chi connectivity index (χ2v) is 4.52. The van der Waals surface area contributed by atoms with Crippen molar-refractivity contribution in [3.05, 3.63) is 53.1 Å². The number of carbonyl (C=O) groups is 2. The largest absolute Gasteiger partial charge is 0.274 e. The summed E-state index contributed by atoms with van der Waals surface area (Å²) in [4.78, 5) is 33.2. The third-order valence-corrected chi connectivity index (χ3v) is 3.06. The van der Waals surface area contributed by atoms with E-state index in [9.17, 15) is 9.59 Å². The van der Waals surface area contributed by atoms with Gasteiger partial charge in [0.05, 0.1) is 17.4 Å². The summed E-state index contributed by atoms with van der Waals surface area (Å²) in [5.74, 6) is -0.933. The number of nitrogens with zero attached hydrogens (tertiary/aromatic N) is 3. The Morgan fingerprint density at radius 3 is 2.60 bits per heavy atom. The van der Waals surface area contributed by atoms with Gasteiger partial charge in [0, 0.05) is 19.3 Å². The quantitative estimate of drug-likeness (QED) is 0.797. The molecule has 2 rings (SSSR count). The van der Waals surface area contributed by atoms with Crippen LogP contribution >= 0.6 is 11.6 Å². The molecule has 0 aliphatic rings. The number of hydrogen-bond acceptors (Lipinski definition) is 4. The van der Waals surface area contributed by atoms with Crippen LogP contribution in [0.25, 0.3) is 0 Å². The Kier molecular flexibility index (Phi) is 4.10. The zero-order chi connectivity index (χ0) is 14.7. The average Bonchev–Trinajstić information content (AvgIpc) is 2.41. The van der Waals surface area contributed by atoms with Crippen LogP contribution in [0.4, 0.5) is 5.69 Å². The Bertz CT molecular complexity index is 673. The van der Waals surface area contributed by atoms with Crippen molar-refractivity contribution in [2.45, 2.75) is 13.8 Å². The lowest BCUT2D eigenvalue weighted by atomic mass is 10.2. The van der Waals surface area contributed by atoms with E-state index in [1.54, 1.807) is 25.3 Å².